The number of pyridine rings is 1. The zero-order valence-corrected chi connectivity index (χ0v) is 14.6. The van der Waals surface area contributed by atoms with Gasteiger partial charge in [-0.2, -0.15) is 0 Å². The summed E-state index contributed by atoms with van der Waals surface area (Å²) in [7, 11) is 1.34. The Morgan fingerprint density at radius 1 is 1.00 bits per heavy atom. The van der Waals surface area contributed by atoms with E-state index in [-0.39, 0.29) is 12.5 Å². The van der Waals surface area contributed by atoms with Gasteiger partial charge in [0.05, 0.1) is 7.11 Å². The molecule has 5 nitrogen and oxygen atoms in total. The molecule has 0 radical (unpaired) electrons. The van der Waals surface area contributed by atoms with Crippen molar-refractivity contribution in [2.24, 2.45) is 0 Å². The Hall–Kier alpha value is -2.69. The number of rotatable bonds is 9. The SMILES string of the molecule is COC(=O)CN(CCc1ccccc1)C(=O)CCCc1ccncc1. The van der Waals surface area contributed by atoms with Crippen LogP contribution in [0.3, 0.4) is 0 Å². The minimum absolute atomic E-state index is 0.00256. The Balaban J connectivity index is 1.86. The zero-order valence-electron chi connectivity index (χ0n) is 14.6. The van der Waals surface area contributed by atoms with Crippen LogP contribution in [0.4, 0.5) is 0 Å². The third kappa shape index (κ3) is 6.75. The molecule has 1 aromatic heterocycles. The molecule has 0 aliphatic rings. The number of aryl methyl sites for hydroxylation is 1. The Morgan fingerprint density at radius 3 is 2.36 bits per heavy atom. The molecule has 0 bridgehead atoms. The van der Waals surface area contributed by atoms with Crippen molar-refractivity contribution in [2.45, 2.75) is 25.7 Å². The van der Waals surface area contributed by atoms with Crippen LogP contribution < -0.4 is 0 Å². The van der Waals surface area contributed by atoms with Gasteiger partial charge in [-0.1, -0.05) is 30.3 Å². The number of carbonyl (C=O) groups excluding carboxylic acids is 2. The third-order valence-electron chi connectivity index (χ3n) is 4.02. The first-order valence-corrected chi connectivity index (χ1v) is 8.46. The number of hydrogen-bond acceptors (Lipinski definition) is 4. The Bertz CT molecular complexity index is 659. The van der Waals surface area contributed by atoms with Crippen molar-refractivity contribution >= 4 is 11.9 Å². The topological polar surface area (TPSA) is 59.5 Å². The molecular formula is C20H24N2O3. The highest BCUT2D eigenvalue weighted by Crippen LogP contribution is 2.08. The maximum atomic E-state index is 12.5. The second-order valence-electron chi connectivity index (χ2n) is 5.84. The number of aromatic nitrogens is 1. The van der Waals surface area contributed by atoms with E-state index in [1.54, 1.807) is 17.3 Å². The first kappa shape index (κ1) is 18.6. The third-order valence-corrected chi connectivity index (χ3v) is 4.02. The van der Waals surface area contributed by atoms with Gasteiger partial charge in [0, 0.05) is 25.4 Å². The van der Waals surface area contributed by atoms with Crippen molar-refractivity contribution in [2.75, 3.05) is 20.2 Å². The van der Waals surface area contributed by atoms with Gasteiger partial charge < -0.3 is 9.64 Å². The van der Waals surface area contributed by atoms with Crippen LogP contribution in [0, 0.1) is 0 Å². The van der Waals surface area contributed by atoms with Gasteiger partial charge >= 0.3 is 5.97 Å². The summed E-state index contributed by atoms with van der Waals surface area (Å²) in [5, 5.41) is 0. The van der Waals surface area contributed by atoms with E-state index in [9.17, 15) is 9.59 Å². The predicted octanol–water partition coefficient (Wildman–Crippen LogP) is 2.65. The molecule has 2 aromatic rings. The van der Waals surface area contributed by atoms with Gasteiger partial charge in [0.15, 0.2) is 0 Å². The number of amides is 1. The lowest BCUT2D eigenvalue weighted by molar-refractivity contribution is -0.147. The first-order chi connectivity index (χ1) is 12.2. The molecule has 25 heavy (non-hydrogen) atoms. The van der Waals surface area contributed by atoms with Crippen LogP contribution in [-0.2, 0) is 27.2 Å². The summed E-state index contributed by atoms with van der Waals surface area (Å²) in [6.45, 7) is 0.505. The summed E-state index contributed by atoms with van der Waals surface area (Å²) in [5.41, 5.74) is 2.30. The van der Waals surface area contributed by atoms with Crippen molar-refractivity contribution < 1.29 is 14.3 Å². The highest BCUT2D eigenvalue weighted by Gasteiger charge is 2.17. The molecule has 0 spiro atoms. The van der Waals surface area contributed by atoms with Crippen LogP contribution in [0.1, 0.15) is 24.0 Å². The molecule has 0 saturated carbocycles. The van der Waals surface area contributed by atoms with Crippen molar-refractivity contribution in [1.82, 2.24) is 9.88 Å². The average Bonchev–Trinajstić information content (AvgIpc) is 2.66. The number of methoxy groups -OCH3 is 1. The number of nitrogens with zero attached hydrogens (tertiary/aromatic N) is 2. The average molecular weight is 340 g/mol. The van der Waals surface area contributed by atoms with E-state index in [0.29, 0.717) is 19.4 Å². The van der Waals surface area contributed by atoms with Gasteiger partial charge in [0.1, 0.15) is 6.54 Å². The van der Waals surface area contributed by atoms with Gasteiger partial charge in [0.25, 0.3) is 0 Å². The summed E-state index contributed by atoms with van der Waals surface area (Å²) in [6.07, 6.45) is 6.19. The molecule has 132 valence electrons. The number of ether oxygens (including phenoxy) is 1. The van der Waals surface area contributed by atoms with Gasteiger partial charge in [-0.15, -0.1) is 0 Å². The van der Waals surface area contributed by atoms with E-state index in [1.165, 1.54) is 7.11 Å². The van der Waals surface area contributed by atoms with Crippen molar-refractivity contribution in [3.63, 3.8) is 0 Å². The van der Waals surface area contributed by atoms with Gasteiger partial charge in [0.2, 0.25) is 5.91 Å². The first-order valence-electron chi connectivity index (χ1n) is 8.46. The number of benzene rings is 1. The van der Waals surface area contributed by atoms with E-state index in [4.69, 9.17) is 4.74 Å². The quantitative estimate of drug-likeness (QED) is 0.659. The highest BCUT2D eigenvalue weighted by atomic mass is 16.5. The zero-order chi connectivity index (χ0) is 17.9. The molecule has 2 rings (SSSR count). The Morgan fingerprint density at radius 2 is 1.68 bits per heavy atom. The van der Waals surface area contributed by atoms with Gasteiger partial charge in [-0.3, -0.25) is 14.6 Å². The maximum Gasteiger partial charge on any atom is 0.325 e. The van der Waals surface area contributed by atoms with Crippen LogP contribution >= 0.6 is 0 Å². The molecular weight excluding hydrogens is 316 g/mol. The molecule has 0 aliphatic heterocycles. The minimum atomic E-state index is -0.393. The molecule has 1 aromatic carbocycles. The summed E-state index contributed by atoms with van der Waals surface area (Å²) in [4.78, 5) is 29.7. The second kappa shape index (κ2) is 10.2. The monoisotopic (exact) mass is 340 g/mol. The summed E-state index contributed by atoms with van der Waals surface area (Å²) >= 11 is 0. The van der Waals surface area contributed by atoms with Crippen molar-refractivity contribution in [1.29, 1.82) is 0 Å². The summed E-state index contributed by atoms with van der Waals surface area (Å²) in [6, 6.07) is 13.8. The molecule has 0 atom stereocenters. The lowest BCUT2D eigenvalue weighted by Crippen LogP contribution is -2.37. The fourth-order valence-corrected chi connectivity index (χ4v) is 2.57. The highest BCUT2D eigenvalue weighted by molar-refractivity contribution is 5.82. The lowest BCUT2D eigenvalue weighted by Gasteiger charge is -2.21. The predicted molar refractivity (Wildman–Crippen MR) is 95.9 cm³/mol. The van der Waals surface area contributed by atoms with Gasteiger partial charge in [-0.05, 0) is 42.5 Å². The Kier molecular flexibility index (Phi) is 7.63. The molecule has 5 heteroatoms. The minimum Gasteiger partial charge on any atom is -0.468 e. The van der Waals surface area contributed by atoms with Gasteiger partial charge in [-0.25, -0.2) is 0 Å². The standard InChI is InChI=1S/C20H24N2O3/c1-25-20(24)16-22(15-12-17-6-3-2-4-7-17)19(23)9-5-8-18-10-13-21-14-11-18/h2-4,6-7,10-11,13-14H,5,8-9,12,15-16H2,1H3. The second-order valence-corrected chi connectivity index (χ2v) is 5.84. The summed E-state index contributed by atoms with van der Waals surface area (Å²) in [5.74, 6) is -0.411. The normalized spacial score (nSPS) is 10.3. The van der Waals surface area contributed by atoms with E-state index >= 15 is 0 Å². The Labute approximate surface area is 148 Å². The molecule has 0 saturated heterocycles. The van der Waals surface area contributed by atoms with E-state index < -0.39 is 5.97 Å². The number of esters is 1. The van der Waals surface area contributed by atoms with Crippen LogP contribution in [0.2, 0.25) is 0 Å². The molecule has 0 fully saturated rings. The largest absolute Gasteiger partial charge is 0.468 e. The van der Waals surface area contributed by atoms with E-state index in [0.717, 1.165) is 24.0 Å². The van der Waals surface area contributed by atoms with Crippen LogP contribution in [0.15, 0.2) is 54.9 Å². The van der Waals surface area contributed by atoms with Crippen LogP contribution in [0.5, 0.6) is 0 Å². The molecule has 0 unspecified atom stereocenters. The molecule has 1 amide bonds. The van der Waals surface area contributed by atoms with Crippen LogP contribution in [-0.4, -0.2) is 42.0 Å². The van der Waals surface area contributed by atoms with Crippen molar-refractivity contribution in [3.8, 4) is 0 Å². The molecule has 0 N–H and O–H groups in total. The summed E-state index contributed by atoms with van der Waals surface area (Å²) < 4.78 is 4.72. The fourth-order valence-electron chi connectivity index (χ4n) is 2.57. The maximum absolute atomic E-state index is 12.5. The smallest absolute Gasteiger partial charge is 0.325 e. The molecule has 1 heterocycles. The fraction of sp³-hybridized carbons (Fsp3) is 0.350. The van der Waals surface area contributed by atoms with E-state index in [2.05, 4.69) is 4.98 Å². The molecule has 0 aliphatic carbocycles. The van der Waals surface area contributed by atoms with Crippen LogP contribution in [0.25, 0.3) is 0 Å². The number of carbonyl (C=O) groups is 2. The number of hydrogen-bond donors (Lipinski definition) is 0. The lowest BCUT2D eigenvalue weighted by atomic mass is 10.1. The van der Waals surface area contributed by atoms with Crippen molar-refractivity contribution in [3.05, 3.63) is 66.0 Å². The van der Waals surface area contributed by atoms with E-state index in [1.807, 2.05) is 42.5 Å².